The van der Waals surface area contributed by atoms with E-state index in [1.54, 1.807) is 6.92 Å². The summed E-state index contributed by atoms with van der Waals surface area (Å²) in [5.74, 6) is -0.702. The second kappa shape index (κ2) is 17.6. The van der Waals surface area contributed by atoms with Crippen LogP contribution in [0, 0.1) is 11.8 Å². The van der Waals surface area contributed by atoms with Crippen LogP contribution in [0.25, 0.3) is 0 Å². The van der Waals surface area contributed by atoms with Crippen molar-refractivity contribution in [2.45, 2.75) is 77.1 Å². The zero-order chi connectivity index (χ0) is 40.0. The van der Waals surface area contributed by atoms with Crippen molar-refractivity contribution >= 4 is 28.4 Å². The fourth-order valence-electron chi connectivity index (χ4n) is 6.55. The van der Waals surface area contributed by atoms with Crippen LogP contribution in [0.5, 0.6) is 5.75 Å². The molecule has 0 aliphatic heterocycles. The van der Waals surface area contributed by atoms with Crippen molar-refractivity contribution in [2.24, 2.45) is 11.8 Å². The molecule has 0 bridgehead atoms. The lowest BCUT2D eigenvalue weighted by molar-refractivity contribution is -0.143. The molecule has 1 N–H and O–H groups in total. The van der Waals surface area contributed by atoms with Gasteiger partial charge < -0.3 is 19.6 Å². The lowest BCUT2D eigenvalue weighted by Gasteiger charge is -2.36. The monoisotopic (exact) mass is 796 g/mol. The molecule has 2 aromatic carbocycles. The number of carboxylic acid groups (broad SMARTS) is 1. The maximum absolute atomic E-state index is 14.1. The van der Waals surface area contributed by atoms with E-state index in [9.17, 15) is 53.6 Å². The van der Waals surface area contributed by atoms with Crippen molar-refractivity contribution in [1.82, 2.24) is 9.97 Å². The Morgan fingerprint density at radius 3 is 1.94 bits per heavy atom. The highest BCUT2D eigenvalue weighted by molar-refractivity contribution is 7.84. The van der Waals surface area contributed by atoms with Gasteiger partial charge in [0, 0.05) is 48.8 Å². The second-order valence-corrected chi connectivity index (χ2v) is 14.9. The molecular formula is C36H41F9N4O4S. The van der Waals surface area contributed by atoms with Gasteiger partial charge in [-0.25, -0.2) is 9.97 Å². The van der Waals surface area contributed by atoms with Crippen molar-refractivity contribution in [3.63, 3.8) is 0 Å². The average Bonchev–Trinajstić information content (AvgIpc) is 3.08. The molecule has 0 saturated heterocycles. The SMILES string of the molecule is CCN(CC1CCC(CC(=O)O)CC1)c1ccc(C(F)(F)F)cc1CN(c1ncc(OCCS(C)=O)cn1)[C@@H](C)c1cc(C(F)(F)F)cc(C(F)(F)F)c1. The van der Waals surface area contributed by atoms with Crippen LogP contribution in [0.3, 0.4) is 0 Å². The highest BCUT2D eigenvalue weighted by Crippen LogP contribution is 2.41. The fourth-order valence-corrected chi connectivity index (χ4v) is 6.86. The number of hydrogen-bond acceptors (Lipinski definition) is 7. The largest absolute Gasteiger partial charge is 0.489 e. The van der Waals surface area contributed by atoms with Crippen molar-refractivity contribution in [1.29, 1.82) is 0 Å². The topological polar surface area (TPSA) is 95.9 Å². The molecule has 0 spiro atoms. The minimum atomic E-state index is -5.15. The molecule has 2 atom stereocenters. The summed E-state index contributed by atoms with van der Waals surface area (Å²) >= 11 is 0. The Balaban J connectivity index is 1.80. The lowest BCUT2D eigenvalue weighted by atomic mass is 9.80. The van der Waals surface area contributed by atoms with Crippen LogP contribution in [0.2, 0.25) is 0 Å². The molecule has 0 amide bonds. The quantitative estimate of drug-likeness (QED) is 0.152. The molecule has 8 nitrogen and oxygen atoms in total. The van der Waals surface area contributed by atoms with Crippen molar-refractivity contribution in [2.75, 3.05) is 41.5 Å². The number of aromatic nitrogens is 2. The van der Waals surface area contributed by atoms with Crippen molar-refractivity contribution in [3.05, 3.63) is 76.6 Å². The zero-order valence-corrected chi connectivity index (χ0v) is 30.5. The number of rotatable bonds is 15. The molecule has 3 aromatic rings. The third-order valence-electron chi connectivity index (χ3n) is 9.45. The van der Waals surface area contributed by atoms with Gasteiger partial charge in [0.05, 0.1) is 47.5 Å². The molecule has 18 heteroatoms. The normalized spacial score (nSPS) is 17.9. The lowest BCUT2D eigenvalue weighted by Crippen LogP contribution is -2.34. The van der Waals surface area contributed by atoms with E-state index in [0.29, 0.717) is 56.6 Å². The van der Waals surface area contributed by atoms with Crippen molar-refractivity contribution < 1.29 is 58.4 Å². The van der Waals surface area contributed by atoms with Gasteiger partial charge in [-0.3, -0.25) is 9.00 Å². The summed E-state index contributed by atoms with van der Waals surface area (Å²) in [6, 6.07) is 2.87. The average molecular weight is 797 g/mol. The minimum Gasteiger partial charge on any atom is -0.489 e. The molecule has 1 aliphatic rings. The van der Waals surface area contributed by atoms with Crippen LogP contribution in [-0.2, 0) is 40.7 Å². The Morgan fingerprint density at radius 2 is 1.44 bits per heavy atom. The van der Waals surface area contributed by atoms with Crippen LogP contribution >= 0.6 is 0 Å². The summed E-state index contributed by atoms with van der Waals surface area (Å²) in [7, 11) is -1.18. The third-order valence-corrected chi connectivity index (χ3v) is 10.2. The maximum atomic E-state index is 14.1. The zero-order valence-electron chi connectivity index (χ0n) is 29.7. The van der Waals surface area contributed by atoms with Gasteiger partial charge in [-0.1, -0.05) is 0 Å². The van der Waals surface area contributed by atoms with E-state index in [1.165, 1.54) is 36.5 Å². The number of aliphatic carboxylic acids is 1. The first kappa shape index (κ1) is 42.6. The smallest absolute Gasteiger partial charge is 0.416 e. The van der Waals surface area contributed by atoms with Crippen LogP contribution < -0.4 is 14.5 Å². The highest BCUT2D eigenvalue weighted by atomic mass is 32.2. The van der Waals surface area contributed by atoms with E-state index >= 15 is 0 Å². The molecule has 1 aromatic heterocycles. The summed E-state index contributed by atoms with van der Waals surface area (Å²) in [5, 5.41) is 9.19. The van der Waals surface area contributed by atoms with Crippen LogP contribution in [-0.4, -0.2) is 57.0 Å². The Labute approximate surface area is 309 Å². The molecule has 1 heterocycles. The van der Waals surface area contributed by atoms with Crippen LogP contribution in [0.1, 0.15) is 79.8 Å². The predicted octanol–water partition coefficient (Wildman–Crippen LogP) is 9.17. The number of anilines is 2. The highest BCUT2D eigenvalue weighted by Gasteiger charge is 2.38. The number of nitrogens with zero attached hydrogens (tertiary/aromatic N) is 4. The summed E-state index contributed by atoms with van der Waals surface area (Å²) in [6.45, 7) is 3.43. The number of carboxylic acids is 1. The van der Waals surface area contributed by atoms with Gasteiger partial charge in [0.1, 0.15) is 0 Å². The third kappa shape index (κ3) is 11.7. The van der Waals surface area contributed by atoms with E-state index in [0.717, 1.165) is 12.1 Å². The molecule has 54 heavy (non-hydrogen) atoms. The predicted molar refractivity (Wildman–Crippen MR) is 185 cm³/mol. The van der Waals surface area contributed by atoms with E-state index in [4.69, 9.17) is 4.74 Å². The standard InChI is InChI=1S/C36H41F9N4O4S/c1-4-48(20-24-7-5-23(6-8-24)13-32(50)51)31-10-9-27(34(37,38)39)16-26(31)21-49(33-46-18-30(19-47-33)53-11-12-54(3)52)22(2)25-14-28(35(40,41)42)17-29(15-25)36(43,44)45/h9-10,14-19,22-24H,4-8,11-13,20-21H2,1-3H3,(H,50,51)/t22-,23?,24?,54?/m0/s1. The Morgan fingerprint density at radius 1 is 0.889 bits per heavy atom. The Hall–Kier alpha value is -4.09. The van der Waals surface area contributed by atoms with Gasteiger partial charge in [-0.05, 0) is 98.9 Å². The van der Waals surface area contributed by atoms with E-state index in [2.05, 4.69) is 9.97 Å². The van der Waals surface area contributed by atoms with Gasteiger partial charge in [0.15, 0.2) is 5.75 Å². The van der Waals surface area contributed by atoms with E-state index in [-0.39, 0.29) is 53.9 Å². The molecule has 1 unspecified atom stereocenters. The first-order valence-electron chi connectivity index (χ1n) is 17.1. The summed E-state index contributed by atoms with van der Waals surface area (Å²) in [4.78, 5) is 22.8. The van der Waals surface area contributed by atoms with Gasteiger partial charge in [0.2, 0.25) is 5.95 Å². The number of benzene rings is 2. The van der Waals surface area contributed by atoms with Gasteiger partial charge >= 0.3 is 24.5 Å². The van der Waals surface area contributed by atoms with E-state index in [1.807, 2.05) is 4.90 Å². The van der Waals surface area contributed by atoms with E-state index < -0.39 is 70.1 Å². The summed E-state index contributed by atoms with van der Waals surface area (Å²) in [5.41, 5.74) is -4.15. The minimum absolute atomic E-state index is 0.00824. The summed E-state index contributed by atoms with van der Waals surface area (Å²) < 4.78 is 143. The number of carbonyl (C=O) groups is 1. The maximum Gasteiger partial charge on any atom is 0.416 e. The number of hydrogen-bond donors (Lipinski definition) is 1. The molecule has 0 radical (unpaired) electrons. The molecule has 4 rings (SSSR count). The molecule has 1 aliphatic carbocycles. The van der Waals surface area contributed by atoms with Crippen molar-refractivity contribution in [3.8, 4) is 5.75 Å². The summed E-state index contributed by atoms with van der Waals surface area (Å²) in [6.07, 6.45) is -8.46. The Bertz CT molecular complexity index is 1710. The molecule has 1 saturated carbocycles. The van der Waals surface area contributed by atoms with Crippen LogP contribution in [0.4, 0.5) is 51.1 Å². The Kier molecular flexibility index (Phi) is 13.9. The van der Waals surface area contributed by atoms with Gasteiger partial charge in [-0.2, -0.15) is 39.5 Å². The van der Waals surface area contributed by atoms with Gasteiger partial charge in [0.25, 0.3) is 0 Å². The number of ether oxygens (including phenoxy) is 1. The second-order valence-electron chi connectivity index (χ2n) is 13.4. The molecule has 298 valence electrons. The first-order chi connectivity index (χ1) is 25.1. The molecule has 1 fully saturated rings. The number of alkyl halides is 9. The van der Waals surface area contributed by atoms with Gasteiger partial charge in [-0.15, -0.1) is 0 Å². The number of halogens is 9. The first-order valence-corrected chi connectivity index (χ1v) is 18.9. The fraction of sp³-hybridized carbons (Fsp3) is 0.528. The van der Waals surface area contributed by atoms with Crippen LogP contribution in [0.15, 0.2) is 48.8 Å². The molecular weight excluding hydrogens is 755 g/mol.